The van der Waals surface area contributed by atoms with Crippen LogP contribution in [0, 0.1) is 5.82 Å². The molecule has 35 heavy (non-hydrogen) atoms. The maximum Gasteiger partial charge on any atom is 0.340 e. The Hall–Kier alpha value is -3.52. The normalized spacial score (nSPS) is 17.6. The van der Waals surface area contributed by atoms with Gasteiger partial charge in [-0.1, -0.05) is 17.7 Å². The molecule has 0 amide bonds. The summed E-state index contributed by atoms with van der Waals surface area (Å²) in [5, 5.41) is -0.0552. The maximum atomic E-state index is 13.5. The molecule has 0 spiro atoms. The van der Waals surface area contributed by atoms with Crippen molar-refractivity contribution in [2.24, 2.45) is 5.73 Å². The summed E-state index contributed by atoms with van der Waals surface area (Å²) < 4.78 is 35.7. The molecule has 1 aliphatic heterocycles. The predicted molar refractivity (Wildman–Crippen MR) is 126 cm³/mol. The van der Waals surface area contributed by atoms with Crippen molar-refractivity contribution in [3.8, 4) is 11.5 Å². The Kier molecular flexibility index (Phi) is 7.31. The molecule has 1 unspecified atom stereocenters. The SMILES string of the molecule is CCOC(=O)C1=C(N)OC2=C(C(=O)CCC2)C1c1ccc(OC)c(COc2ccc(F)c(Cl)c2)c1. The zero-order chi connectivity index (χ0) is 25.1. The van der Waals surface area contributed by atoms with Crippen LogP contribution in [0.1, 0.15) is 43.2 Å². The summed E-state index contributed by atoms with van der Waals surface area (Å²) in [6.07, 6.45) is 1.55. The van der Waals surface area contributed by atoms with Crippen molar-refractivity contribution in [3.05, 3.63) is 81.2 Å². The second kappa shape index (κ2) is 10.4. The first-order chi connectivity index (χ1) is 16.8. The highest BCUT2D eigenvalue weighted by molar-refractivity contribution is 6.30. The van der Waals surface area contributed by atoms with E-state index in [1.807, 2.05) is 0 Å². The minimum atomic E-state index is -0.754. The molecule has 0 bridgehead atoms. The summed E-state index contributed by atoms with van der Waals surface area (Å²) in [5.41, 5.74) is 7.94. The third kappa shape index (κ3) is 4.98. The molecule has 2 aromatic rings. The van der Waals surface area contributed by atoms with Crippen LogP contribution in [0.5, 0.6) is 11.5 Å². The highest BCUT2D eigenvalue weighted by Gasteiger charge is 2.41. The molecular formula is C26H25ClFNO6. The first-order valence-electron chi connectivity index (χ1n) is 11.2. The topological polar surface area (TPSA) is 97.1 Å². The number of benzene rings is 2. The standard InChI is InChI=1S/C26H25ClFNO6/c1-3-33-26(31)24-22(23-19(30)5-4-6-21(23)35-25(24)29)14-7-10-20(32-2)15(11-14)13-34-16-8-9-18(28)17(27)12-16/h7-12,22H,3-6,13,29H2,1-2H3. The molecule has 0 radical (unpaired) electrons. The lowest BCUT2D eigenvalue weighted by Crippen LogP contribution is -2.31. The minimum absolute atomic E-state index is 0.0552. The lowest BCUT2D eigenvalue weighted by atomic mass is 9.77. The van der Waals surface area contributed by atoms with Crippen LogP contribution in [0.25, 0.3) is 0 Å². The van der Waals surface area contributed by atoms with Gasteiger partial charge in [-0.15, -0.1) is 0 Å². The smallest absolute Gasteiger partial charge is 0.340 e. The lowest BCUT2D eigenvalue weighted by Gasteiger charge is -2.32. The maximum absolute atomic E-state index is 13.5. The summed E-state index contributed by atoms with van der Waals surface area (Å²) in [4.78, 5) is 25.9. The van der Waals surface area contributed by atoms with E-state index in [0.717, 1.165) is 0 Å². The average molecular weight is 502 g/mol. The van der Waals surface area contributed by atoms with Crippen molar-refractivity contribution in [1.29, 1.82) is 0 Å². The van der Waals surface area contributed by atoms with Gasteiger partial charge in [0.25, 0.3) is 0 Å². The molecule has 0 aromatic heterocycles. The number of hydrogen-bond donors (Lipinski definition) is 1. The molecule has 0 fully saturated rings. The number of hydrogen-bond acceptors (Lipinski definition) is 7. The van der Waals surface area contributed by atoms with Crippen molar-refractivity contribution >= 4 is 23.4 Å². The van der Waals surface area contributed by atoms with Gasteiger partial charge in [-0.2, -0.15) is 0 Å². The number of rotatable bonds is 7. The molecule has 2 aromatic carbocycles. The fourth-order valence-electron chi connectivity index (χ4n) is 4.32. The summed E-state index contributed by atoms with van der Waals surface area (Å²) >= 11 is 5.86. The largest absolute Gasteiger partial charge is 0.496 e. The fourth-order valence-corrected chi connectivity index (χ4v) is 4.49. The van der Waals surface area contributed by atoms with E-state index in [0.29, 0.717) is 53.2 Å². The van der Waals surface area contributed by atoms with Gasteiger partial charge in [-0.3, -0.25) is 4.79 Å². The molecule has 2 aliphatic rings. The van der Waals surface area contributed by atoms with Crippen LogP contribution in [-0.4, -0.2) is 25.5 Å². The van der Waals surface area contributed by atoms with E-state index < -0.39 is 17.7 Å². The molecule has 1 aliphatic carbocycles. The van der Waals surface area contributed by atoms with Crippen molar-refractivity contribution in [2.45, 2.75) is 38.7 Å². The number of Topliss-reactive ketones (excluding diaryl/α,β-unsaturated/α-hetero) is 1. The highest BCUT2D eigenvalue weighted by Crippen LogP contribution is 2.44. The van der Waals surface area contributed by atoms with Crippen LogP contribution < -0.4 is 15.2 Å². The number of halogens is 2. The van der Waals surface area contributed by atoms with E-state index in [1.165, 1.54) is 25.3 Å². The van der Waals surface area contributed by atoms with Crippen molar-refractivity contribution in [2.75, 3.05) is 13.7 Å². The van der Waals surface area contributed by atoms with E-state index in [1.54, 1.807) is 25.1 Å². The number of ketones is 1. The van der Waals surface area contributed by atoms with Gasteiger partial charge in [0.15, 0.2) is 5.78 Å². The van der Waals surface area contributed by atoms with E-state index in [4.69, 9.17) is 36.3 Å². The Labute approximate surface area is 207 Å². The van der Waals surface area contributed by atoms with Crippen molar-refractivity contribution in [1.82, 2.24) is 0 Å². The van der Waals surface area contributed by atoms with Gasteiger partial charge in [0.05, 0.1) is 24.7 Å². The summed E-state index contributed by atoms with van der Waals surface area (Å²) in [5.74, 6) is -0.727. The third-order valence-corrected chi connectivity index (χ3v) is 6.19. The average Bonchev–Trinajstić information content (AvgIpc) is 2.84. The number of allylic oxidation sites excluding steroid dienone is 2. The highest BCUT2D eigenvalue weighted by atomic mass is 35.5. The molecule has 7 nitrogen and oxygen atoms in total. The first kappa shape index (κ1) is 24.6. The molecule has 4 rings (SSSR count). The van der Waals surface area contributed by atoms with Crippen molar-refractivity contribution < 1.29 is 32.9 Å². The summed E-state index contributed by atoms with van der Waals surface area (Å²) in [7, 11) is 1.52. The Balaban J connectivity index is 1.75. The quantitative estimate of drug-likeness (QED) is 0.538. The van der Waals surface area contributed by atoms with Crippen LogP contribution in [-0.2, 0) is 25.7 Å². The molecule has 1 heterocycles. The van der Waals surface area contributed by atoms with Crippen molar-refractivity contribution in [3.63, 3.8) is 0 Å². The lowest BCUT2D eigenvalue weighted by molar-refractivity contribution is -0.139. The third-order valence-electron chi connectivity index (χ3n) is 5.90. The first-order valence-corrected chi connectivity index (χ1v) is 11.6. The van der Waals surface area contributed by atoms with Crippen LogP contribution in [0.4, 0.5) is 4.39 Å². The predicted octanol–water partition coefficient (Wildman–Crippen LogP) is 4.92. The van der Waals surface area contributed by atoms with E-state index in [-0.39, 0.29) is 35.5 Å². The molecule has 0 saturated heterocycles. The van der Waals surface area contributed by atoms with Crippen LogP contribution in [0.3, 0.4) is 0 Å². The van der Waals surface area contributed by atoms with Gasteiger partial charge < -0.3 is 24.7 Å². The van der Waals surface area contributed by atoms with Gasteiger partial charge in [0.2, 0.25) is 5.88 Å². The number of carbonyl (C=O) groups is 2. The fraction of sp³-hybridized carbons (Fsp3) is 0.308. The van der Waals surface area contributed by atoms with Gasteiger partial charge in [-0.05, 0) is 43.2 Å². The molecule has 0 saturated carbocycles. The molecule has 9 heteroatoms. The van der Waals surface area contributed by atoms with Gasteiger partial charge in [-0.25, -0.2) is 9.18 Å². The monoisotopic (exact) mass is 501 g/mol. The van der Waals surface area contributed by atoms with Gasteiger partial charge in [0, 0.05) is 30.0 Å². The number of ether oxygens (including phenoxy) is 4. The Morgan fingerprint density at radius 1 is 1.23 bits per heavy atom. The molecule has 2 N–H and O–H groups in total. The van der Waals surface area contributed by atoms with E-state index >= 15 is 0 Å². The van der Waals surface area contributed by atoms with Crippen LogP contribution in [0.2, 0.25) is 5.02 Å². The molecule has 1 atom stereocenters. The van der Waals surface area contributed by atoms with Crippen LogP contribution in [0.15, 0.2) is 59.2 Å². The zero-order valence-electron chi connectivity index (χ0n) is 19.4. The number of esters is 1. The molecule has 184 valence electrons. The zero-order valence-corrected chi connectivity index (χ0v) is 20.1. The second-order valence-corrected chi connectivity index (χ2v) is 8.49. The number of methoxy groups -OCH3 is 1. The molecular weight excluding hydrogens is 477 g/mol. The summed E-state index contributed by atoms with van der Waals surface area (Å²) in [6, 6.07) is 9.36. The van der Waals surface area contributed by atoms with Gasteiger partial charge in [0.1, 0.15) is 35.3 Å². The Morgan fingerprint density at radius 3 is 2.74 bits per heavy atom. The van der Waals surface area contributed by atoms with E-state index in [9.17, 15) is 14.0 Å². The second-order valence-electron chi connectivity index (χ2n) is 8.08. The number of nitrogens with two attached hydrogens (primary N) is 1. The van der Waals surface area contributed by atoms with Gasteiger partial charge >= 0.3 is 5.97 Å². The summed E-state index contributed by atoms with van der Waals surface area (Å²) in [6.45, 7) is 1.90. The Morgan fingerprint density at radius 2 is 2.03 bits per heavy atom. The minimum Gasteiger partial charge on any atom is -0.496 e. The van der Waals surface area contributed by atoms with E-state index in [2.05, 4.69) is 0 Å². The number of carbonyl (C=O) groups excluding carboxylic acids is 2. The van der Waals surface area contributed by atoms with Crippen LogP contribution >= 0.6 is 11.6 Å². The Bertz CT molecular complexity index is 1240.